The third-order valence-corrected chi connectivity index (χ3v) is 3.84. The highest BCUT2D eigenvalue weighted by molar-refractivity contribution is 5.99. The molecule has 0 spiro atoms. The average molecular weight is 294 g/mol. The second-order valence-electron chi connectivity index (χ2n) is 5.88. The van der Waals surface area contributed by atoms with Gasteiger partial charge >= 0.3 is 5.97 Å². The van der Waals surface area contributed by atoms with Gasteiger partial charge in [0.2, 0.25) is 0 Å². The van der Waals surface area contributed by atoms with Gasteiger partial charge in [-0.1, -0.05) is 13.8 Å². The maximum atomic E-state index is 12.4. The molecule has 1 unspecified atom stereocenters. The fourth-order valence-corrected chi connectivity index (χ4v) is 2.01. The first-order chi connectivity index (χ1) is 9.56. The lowest BCUT2D eigenvalue weighted by Gasteiger charge is -2.33. The first-order valence-electron chi connectivity index (χ1n) is 6.78. The lowest BCUT2D eigenvalue weighted by molar-refractivity contribution is -0.138. The minimum absolute atomic E-state index is 0.0508. The third kappa shape index (κ3) is 3.93. The Hall–Kier alpha value is -2.11. The number of amides is 1. The van der Waals surface area contributed by atoms with Gasteiger partial charge in [-0.2, -0.15) is 0 Å². The predicted molar refractivity (Wildman–Crippen MR) is 78.4 cm³/mol. The molecular formula is C15H22N2O4. The number of carbonyl (C=O) groups excluding carboxylic acids is 2. The highest BCUT2D eigenvalue weighted by Crippen LogP contribution is 2.22. The molecule has 0 fully saturated rings. The van der Waals surface area contributed by atoms with Gasteiger partial charge in [0.05, 0.1) is 12.0 Å². The van der Waals surface area contributed by atoms with Crippen LogP contribution in [0.5, 0.6) is 0 Å². The number of hydrogen-bond acceptors (Lipinski definition) is 3. The van der Waals surface area contributed by atoms with E-state index in [-0.39, 0.29) is 24.0 Å². The quantitative estimate of drug-likeness (QED) is 0.784. The Bertz CT molecular complexity index is 574. The molecule has 116 valence electrons. The molecule has 0 aliphatic carbocycles. The smallest absolute Gasteiger partial charge is 0.305 e. The van der Waals surface area contributed by atoms with Gasteiger partial charge < -0.3 is 15.0 Å². The molecule has 0 aromatic carbocycles. The Balaban J connectivity index is 3.02. The van der Waals surface area contributed by atoms with E-state index in [1.807, 2.05) is 13.8 Å². The number of nitrogens with zero attached hydrogens (tertiary/aromatic N) is 1. The Morgan fingerprint density at radius 2 is 1.95 bits per heavy atom. The largest absolute Gasteiger partial charge is 0.481 e. The van der Waals surface area contributed by atoms with Crippen LogP contribution in [0.15, 0.2) is 12.3 Å². The van der Waals surface area contributed by atoms with Crippen molar-refractivity contribution in [2.75, 3.05) is 0 Å². The van der Waals surface area contributed by atoms with Crippen molar-refractivity contribution in [2.24, 2.45) is 13.0 Å². The Kier molecular flexibility index (Phi) is 4.93. The van der Waals surface area contributed by atoms with Gasteiger partial charge in [-0.3, -0.25) is 14.4 Å². The van der Waals surface area contributed by atoms with Crippen molar-refractivity contribution >= 4 is 17.7 Å². The van der Waals surface area contributed by atoms with Crippen molar-refractivity contribution in [3.63, 3.8) is 0 Å². The van der Waals surface area contributed by atoms with E-state index >= 15 is 0 Å². The number of aliphatic carboxylic acids is 1. The molecule has 1 aromatic heterocycles. The lowest BCUT2D eigenvalue weighted by atomic mass is 9.85. The molecular weight excluding hydrogens is 272 g/mol. The topological polar surface area (TPSA) is 88.4 Å². The van der Waals surface area contributed by atoms with E-state index < -0.39 is 11.5 Å². The summed E-state index contributed by atoms with van der Waals surface area (Å²) in [5, 5.41) is 11.8. The molecule has 1 rings (SSSR count). The molecule has 2 N–H and O–H groups in total. The van der Waals surface area contributed by atoms with E-state index in [9.17, 15) is 14.4 Å². The van der Waals surface area contributed by atoms with Crippen LogP contribution in [0.4, 0.5) is 0 Å². The first kappa shape index (κ1) is 16.9. The molecule has 0 saturated carbocycles. The second kappa shape index (κ2) is 6.11. The number of Topliss-reactive ketones (excluding diaryl/α,β-unsaturated/α-hetero) is 1. The van der Waals surface area contributed by atoms with Gasteiger partial charge in [-0.15, -0.1) is 0 Å². The zero-order chi connectivity index (χ0) is 16.4. The molecule has 1 amide bonds. The second-order valence-corrected chi connectivity index (χ2v) is 5.88. The van der Waals surface area contributed by atoms with Crippen LogP contribution in [0, 0.1) is 5.92 Å². The van der Waals surface area contributed by atoms with Crippen molar-refractivity contribution in [2.45, 2.75) is 39.7 Å². The molecule has 1 aromatic rings. The maximum absolute atomic E-state index is 12.4. The summed E-state index contributed by atoms with van der Waals surface area (Å²) in [6.07, 6.45) is 1.42. The zero-order valence-electron chi connectivity index (χ0n) is 13.1. The van der Waals surface area contributed by atoms with Crippen LogP contribution in [0.2, 0.25) is 0 Å². The van der Waals surface area contributed by atoms with Gasteiger partial charge in [0.15, 0.2) is 5.78 Å². The molecule has 6 heteroatoms. The highest BCUT2D eigenvalue weighted by atomic mass is 16.4. The van der Waals surface area contributed by atoms with Crippen molar-refractivity contribution in [3.05, 3.63) is 23.5 Å². The molecule has 0 radical (unpaired) electrons. The minimum Gasteiger partial charge on any atom is -0.481 e. The molecule has 1 atom stereocenters. The number of hydrogen-bond donors (Lipinski definition) is 2. The third-order valence-electron chi connectivity index (χ3n) is 3.84. The maximum Gasteiger partial charge on any atom is 0.305 e. The minimum atomic E-state index is -0.970. The SMILES string of the molecule is CC(=O)c1cc(C(=O)NC(C)(CC(=O)O)C(C)C)n(C)c1. The number of carboxylic acids is 1. The van der Waals surface area contributed by atoms with E-state index in [0.717, 1.165) is 0 Å². The van der Waals surface area contributed by atoms with Crippen molar-refractivity contribution in [1.29, 1.82) is 0 Å². The van der Waals surface area contributed by atoms with Crippen LogP contribution in [0.3, 0.4) is 0 Å². The predicted octanol–water partition coefficient (Wildman–Crippen LogP) is 1.85. The molecule has 21 heavy (non-hydrogen) atoms. The summed E-state index contributed by atoms with van der Waals surface area (Å²) in [5.74, 6) is -1.53. The van der Waals surface area contributed by atoms with E-state index in [2.05, 4.69) is 5.32 Å². The first-order valence-corrected chi connectivity index (χ1v) is 6.78. The number of ketones is 1. The molecule has 6 nitrogen and oxygen atoms in total. The number of carboxylic acid groups (broad SMARTS) is 1. The molecule has 0 aliphatic rings. The number of aryl methyl sites for hydroxylation is 1. The van der Waals surface area contributed by atoms with Crippen LogP contribution < -0.4 is 5.32 Å². The Morgan fingerprint density at radius 3 is 2.33 bits per heavy atom. The average Bonchev–Trinajstić information content (AvgIpc) is 2.70. The van der Waals surface area contributed by atoms with Crippen LogP contribution in [-0.2, 0) is 11.8 Å². The van der Waals surface area contributed by atoms with Crippen LogP contribution in [-0.4, -0.2) is 32.9 Å². The van der Waals surface area contributed by atoms with Gasteiger partial charge in [0, 0.05) is 18.8 Å². The molecule has 0 saturated heterocycles. The van der Waals surface area contributed by atoms with Gasteiger partial charge in [0.25, 0.3) is 5.91 Å². The summed E-state index contributed by atoms with van der Waals surface area (Å²) >= 11 is 0. The van der Waals surface area contributed by atoms with Crippen molar-refractivity contribution < 1.29 is 19.5 Å². The van der Waals surface area contributed by atoms with Gasteiger partial charge in [-0.25, -0.2) is 0 Å². The summed E-state index contributed by atoms with van der Waals surface area (Å²) in [6.45, 7) is 6.85. The van der Waals surface area contributed by atoms with E-state index in [0.29, 0.717) is 11.3 Å². The van der Waals surface area contributed by atoms with Crippen LogP contribution >= 0.6 is 0 Å². The molecule has 0 bridgehead atoms. The Labute approximate surface area is 124 Å². The number of aromatic nitrogens is 1. The Morgan fingerprint density at radius 1 is 1.38 bits per heavy atom. The van der Waals surface area contributed by atoms with Crippen molar-refractivity contribution in [3.8, 4) is 0 Å². The number of nitrogens with one attached hydrogen (secondary N) is 1. The summed E-state index contributed by atoms with van der Waals surface area (Å²) in [7, 11) is 1.67. The zero-order valence-corrected chi connectivity index (χ0v) is 13.1. The normalized spacial score (nSPS) is 13.8. The summed E-state index contributed by atoms with van der Waals surface area (Å²) in [6, 6.07) is 1.51. The summed E-state index contributed by atoms with van der Waals surface area (Å²) in [4.78, 5) is 34.7. The fourth-order valence-electron chi connectivity index (χ4n) is 2.01. The standard InChI is InChI=1S/C15H22N2O4/c1-9(2)15(4,7-13(19)20)16-14(21)12-6-11(10(3)18)8-17(12)5/h6,8-9H,7H2,1-5H3,(H,16,21)(H,19,20). The van der Waals surface area contributed by atoms with E-state index in [1.54, 1.807) is 24.7 Å². The van der Waals surface area contributed by atoms with E-state index in [1.165, 1.54) is 13.0 Å². The van der Waals surface area contributed by atoms with Gasteiger partial charge in [0.1, 0.15) is 5.69 Å². The van der Waals surface area contributed by atoms with Gasteiger partial charge in [-0.05, 0) is 25.8 Å². The fraction of sp³-hybridized carbons (Fsp3) is 0.533. The number of carbonyl (C=O) groups is 3. The molecule has 1 heterocycles. The monoisotopic (exact) mass is 294 g/mol. The van der Waals surface area contributed by atoms with Crippen LogP contribution in [0.1, 0.15) is 55.0 Å². The molecule has 0 aliphatic heterocycles. The van der Waals surface area contributed by atoms with Crippen LogP contribution in [0.25, 0.3) is 0 Å². The van der Waals surface area contributed by atoms with Crippen molar-refractivity contribution in [1.82, 2.24) is 9.88 Å². The summed E-state index contributed by atoms with van der Waals surface area (Å²) in [5.41, 5.74) is -0.0755. The lowest BCUT2D eigenvalue weighted by Crippen LogP contribution is -2.51. The number of rotatable bonds is 6. The highest BCUT2D eigenvalue weighted by Gasteiger charge is 2.33. The summed E-state index contributed by atoms with van der Waals surface area (Å²) < 4.78 is 1.56. The van der Waals surface area contributed by atoms with E-state index in [4.69, 9.17) is 5.11 Å².